The molecule has 1 aliphatic heterocycles. The highest BCUT2D eigenvalue weighted by Crippen LogP contribution is 2.25. The Kier molecular flexibility index (Phi) is 4.39. The third kappa shape index (κ3) is 3.44. The van der Waals surface area contributed by atoms with Crippen molar-refractivity contribution >= 4 is 11.7 Å². The van der Waals surface area contributed by atoms with E-state index in [1.807, 2.05) is 36.5 Å². The van der Waals surface area contributed by atoms with Crippen molar-refractivity contribution in [3.63, 3.8) is 0 Å². The zero-order valence-corrected chi connectivity index (χ0v) is 14.5. The average Bonchev–Trinajstić information content (AvgIpc) is 3.34. The van der Waals surface area contributed by atoms with Gasteiger partial charge in [-0.15, -0.1) is 0 Å². The molecular weight excluding hydrogens is 332 g/mol. The predicted molar refractivity (Wildman–Crippen MR) is 95.2 cm³/mol. The van der Waals surface area contributed by atoms with Gasteiger partial charge in [0, 0.05) is 44.0 Å². The van der Waals surface area contributed by atoms with Crippen LogP contribution < -0.4 is 5.32 Å². The molecule has 0 spiro atoms. The number of piperidine rings is 1. The average molecular weight is 352 g/mol. The van der Waals surface area contributed by atoms with Crippen molar-refractivity contribution in [1.29, 1.82) is 0 Å². The van der Waals surface area contributed by atoms with Crippen LogP contribution in [0.1, 0.15) is 30.5 Å². The number of amides is 2. The van der Waals surface area contributed by atoms with Gasteiger partial charge in [-0.1, -0.05) is 5.16 Å². The van der Waals surface area contributed by atoms with Crippen molar-refractivity contribution in [3.05, 3.63) is 54.4 Å². The number of urea groups is 1. The smallest absolute Gasteiger partial charge is 0.321 e. The number of aryl methyl sites for hydroxylation is 1. The lowest BCUT2D eigenvalue weighted by atomic mass is 9.98. The number of carbonyl (C=O) groups is 1. The number of nitrogens with one attached hydrogen (secondary N) is 1. The summed E-state index contributed by atoms with van der Waals surface area (Å²) in [6.07, 6.45) is 5.49. The summed E-state index contributed by atoms with van der Waals surface area (Å²) in [6.45, 7) is 3.09. The number of rotatable bonds is 3. The molecule has 0 saturated carbocycles. The van der Waals surface area contributed by atoms with E-state index in [0.29, 0.717) is 18.3 Å². The maximum atomic E-state index is 12.6. The minimum absolute atomic E-state index is 0.109. The van der Waals surface area contributed by atoms with Gasteiger partial charge in [-0.3, -0.25) is 0 Å². The van der Waals surface area contributed by atoms with E-state index in [0.717, 1.165) is 30.8 Å². The van der Waals surface area contributed by atoms with E-state index in [4.69, 9.17) is 4.52 Å². The Hall–Kier alpha value is -3.16. The Bertz CT molecular complexity index is 871. The fourth-order valence-corrected chi connectivity index (χ4v) is 3.17. The summed E-state index contributed by atoms with van der Waals surface area (Å²) < 4.78 is 6.84. The van der Waals surface area contributed by atoms with Crippen LogP contribution in [0.3, 0.4) is 0 Å². The van der Waals surface area contributed by atoms with Gasteiger partial charge in [-0.2, -0.15) is 10.1 Å². The van der Waals surface area contributed by atoms with Gasteiger partial charge in [0.05, 0.1) is 5.69 Å². The molecule has 2 aromatic heterocycles. The van der Waals surface area contributed by atoms with Gasteiger partial charge in [0.1, 0.15) is 0 Å². The lowest BCUT2D eigenvalue weighted by Gasteiger charge is -2.31. The zero-order valence-electron chi connectivity index (χ0n) is 14.5. The monoisotopic (exact) mass is 352 g/mol. The first-order chi connectivity index (χ1) is 12.7. The second-order valence-electron chi connectivity index (χ2n) is 6.38. The standard InChI is InChI=1S/C18H20N6O2/c1-13-20-17(22-26-13)14-4-2-10-23(12-14)18(25)21-15-5-7-16(8-6-15)24-11-3-9-19-24/h3,5-9,11,14H,2,4,10,12H2,1H3,(H,21,25). The molecular formula is C18H20N6O2. The maximum absolute atomic E-state index is 12.6. The van der Waals surface area contributed by atoms with Crippen molar-refractivity contribution in [2.24, 2.45) is 0 Å². The van der Waals surface area contributed by atoms with Crippen LogP contribution in [0.2, 0.25) is 0 Å². The molecule has 0 aliphatic carbocycles. The Morgan fingerprint density at radius 3 is 2.85 bits per heavy atom. The fourth-order valence-electron chi connectivity index (χ4n) is 3.17. The van der Waals surface area contributed by atoms with E-state index in [1.54, 1.807) is 22.7 Å². The van der Waals surface area contributed by atoms with Crippen LogP contribution in [0, 0.1) is 6.92 Å². The van der Waals surface area contributed by atoms with Gasteiger partial charge in [0.25, 0.3) is 0 Å². The second kappa shape index (κ2) is 6.99. The molecule has 0 radical (unpaired) electrons. The molecule has 1 atom stereocenters. The number of anilines is 1. The van der Waals surface area contributed by atoms with Crippen molar-refractivity contribution in [2.45, 2.75) is 25.7 Å². The SMILES string of the molecule is Cc1nc(C2CCCN(C(=O)Nc3ccc(-n4cccn4)cc3)C2)no1. The quantitative estimate of drug-likeness (QED) is 0.783. The topological polar surface area (TPSA) is 89.1 Å². The molecule has 26 heavy (non-hydrogen) atoms. The first kappa shape index (κ1) is 16.3. The van der Waals surface area contributed by atoms with Gasteiger partial charge in [-0.05, 0) is 43.2 Å². The van der Waals surface area contributed by atoms with E-state index in [9.17, 15) is 4.79 Å². The molecule has 1 aliphatic rings. The molecule has 2 amide bonds. The van der Waals surface area contributed by atoms with E-state index in [-0.39, 0.29) is 11.9 Å². The van der Waals surface area contributed by atoms with E-state index in [2.05, 4.69) is 20.6 Å². The summed E-state index contributed by atoms with van der Waals surface area (Å²) in [4.78, 5) is 18.7. The fraction of sp³-hybridized carbons (Fsp3) is 0.333. The molecule has 1 N–H and O–H groups in total. The Labute approximate surface area is 150 Å². The highest BCUT2D eigenvalue weighted by Gasteiger charge is 2.27. The van der Waals surface area contributed by atoms with Gasteiger partial charge in [-0.25, -0.2) is 9.48 Å². The van der Waals surface area contributed by atoms with Crippen LogP contribution in [0.15, 0.2) is 47.2 Å². The number of hydrogen-bond acceptors (Lipinski definition) is 5. The molecule has 0 bridgehead atoms. The molecule has 4 rings (SSSR count). The van der Waals surface area contributed by atoms with Crippen molar-refractivity contribution < 1.29 is 9.32 Å². The highest BCUT2D eigenvalue weighted by atomic mass is 16.5. The van der Waals surface area contributed by atoms with Crippen molar-refractivity contribution in [2.75, 3.05) is 18.4 Å². The molecule has 134 valence electrons. The lowest BCUT2D eigenvalue weighted by molar-refractivity contribution is 0.190. The van der Waals surface area contributed by atoms with E-state index >= 15 is 0 Å². The molecule has 3 aromatic rings. The van der Waals surface area contributed by atoms with E-state index in [1.165, 1.54) is 0 Å². The summed E-state index contributed by atoms with van der Waals surface area (Å²) in [6, 6.07) is 9.35. The largest absolute Gasteiger partial charge is 0.340 e. The highest BCUT2D eigenvalue weighted by molar-refractivity contribution is 5.89. The van der Waals surface area contributed by atoms with Crippen molar-refractivity contribution in [3.8, 4) is 5.69 Å². The third-order valence-electron chi connectivity index (χ3n) is 4.50. The van der Waals surface area contributed by atoms with Crippen LogP contribution in [-0.2, 0) is 0 Å². The lowest BCUT2D eigenvalue weighted by Crippen LogP contribution is -2.41. The molecule has 1 unspecified atom stereocenters. The number of aromatic nitrogens is 4. The van der Waals surface area contributed by atoms with Gasteiger partial charge >= 0.3 is 6.03 Å². The minimum atomic E-state index is -0.109. The summed E-state index contributed by atoms with van der Waals surface area (Å²) in [5.74, 6) is 1.36. The van der Waals surface area contributed by atoms with E-state index < -0.39 is 0 Å². The van der Waals surface area contributed by atoms with Crippen LogP contribution in [-0.4, -0.2) is 43.9 Å². The number of benzene rings is 1. The first-order valence-electron chi connectivity index (χ1n) is 8.65. The summed E-state index contributed by atoms with van der Waals surface area (Å²) in [7, 11) is 0. The van der Waals surface area contributed by atoms with Crippen LogP contribution in [0.4, 0.5) is 10.5 Å². The Morgan fingerprint density at radius 2 is 2.15 bits per heavy atom. The molecule has 3 heterocycles. The number of carbonyl (C=O) groups excluding carboxylic acids is 1. The molecule has 1 aromatic carbocycles. The van der Waals surface area contributed by atoms with Crippen LogP contribution >= 0.6 is 0 Å². The normalized spacial score (nSPS) is 17.3. The maximum Gasteiger partial charge on any atom is 0.321 e. The van der Waals surface area contributed by atoms with Gasteiger partial charge in [0.15, 0.2) is 5.82 Å². The summed E-state index contributed by atoms with van der Waals surface area (Å²) in [5.41, 5.74) is 1.70. The van der Waals surface area contributed by atoms with Crippen LogP contribution in [0.5, 0.6) is 0 Å². The number of nitrogens with zero attached hydrogens (tertiary/aromatic N) is 5. The summed E-state index contributed by atoms with van der Waals surface area (Å²) >= 11 is 0. The Balaban J connectivity index is 1.39. The summed E-state index contributed by atoms with van der Waals surface area (Å²) in [5, 5.41) is 11.1. The van der Waals surface area contributed by atoms with Crippen molar-refractivity contribution in [1.82, 2.24) is 24.8 Å². The molecule has 1 fully saturated rings. The number of hydrogen-bond donors (Lipinski definition) is 1. The number of likely N-dealkylation sites (tertiary alicyclic amines) is 1. The molecule has 8 nitrogen and oxygen atoms in total. The molecule has 8 heteroatoms. The second-order valence-corrected chi connectivity index (χ2v) is 6.38. The molecule has 1 saturated heterocycles. The van der Waals surface area contributed by atoms with Crippen LogP contribution in [0.25, 0.3) is 5.69 Å². The Morgan fingerprint density at radius 1 is 1.31 bits per heavy atom. The minimum Gasteiger partial charge on any atom is -0.340 e. The third-order valence-corrected chi connectivity index (χ3v) is 4.50. The predicted octanol–water partition coefficient (Wildman–Crippen LogP) is 2.98. The van der Waals surface area contributed by atoms with Gasteiger partial charge in [0.2, 0.25) is 5.89 Å². The zero-order chi connectivity index (χ0) is 17.9. The first-order valence-corrected chi connectivity index (χ1v) is 8.65. The van der Waals surface area contributed by atoms with Gasteiger partial charge < -0.3 is 14.7 Å².